The van der Waals surface area contributed by atoms with Gasteiger partial charge in [-0.05, 0) is 0 Å². The van der Waals surface area contributed by atoms with Gasteiger partial charge in [0, 0.05) is 5.92 Å². The minimum absolute atomic E-state index is 0.0532. The van der Waals surface area contributed by atoms with E-state index in [0.29, 0.717) is 0 Å². The van der Waals surface area contributed by atoms with Crippen LogP contribution in [0.2, 0.25) is 0 Å². The van der Waals surface area contributed by atoms with Gasteiger partial charge in [-0.1, -0.05) is 6.08 Å². The molecule has 1 fully saturated rings. The summed E-state index contributed by atoms with van der Waals surface area (Å²) in [5, 5.41) is 9.07. The van der Waals surface area contributed by atoms with Crippen LogP contribution in [0.3, 0.4) is 0 Å². The molecule has 1 aliphatic rings. The molecule has 0 radical (unpaired) electrons. The molecular weight excluding hydrogens is 152 g/mol. The first-order valence-corrected chi connectivity index (χ1v) is 4.88. The van der Waals surface area contributed by atoms with E-state index < -0.39 is 15.9 Å². The van der Waals surface area contributed by atoms with Crippen molar-refractivity contribution in [3.63, 3.8) is 0 Å². The Labute approximate surface area is 60.3 Å². The van der Waals surface area contributed by atoms with Gasteiger partial charge in [-0.2, -0.15) is 0 Å². The highest BCUT2D eigenvalue weighted by Gasteiger charge is 2.34. The smallest absolute Gasteiger partial charge is 0.153 e. The molecule has 1 aliphatic heterocycles. The van der Waals surface area contributed by atoms with Gasteiger partial charge in [0.25, 0.3) is 0 Å². The second-order valence-corrected chi connectivity index (χ2v) is 4.70. The third-order valence-electron chi connectivity index (χ3n) is 1.67. The van der Waals surface area contributed by atoms with Crippen molar-refractivity contribution < 1.29 is 13.5 Å². The topological polar surface area (TPSA) is 54.4 Å². The van der Waals surface area contributed by atoms with Crippen molar-refractivity contribution in [2.75, 3.05) is 11.5 Å². The van der Waals surface area contributed by atoms with E-state index in [1.165, 1.54) is 6.08 Å². The number of rotatable bonds is 1. The van der Waals surface area contributed by atoms with Crippen molar-refractivity contribution in [1.82, 2.24) is 0 Å². The highest BCUT2D eigenvalue weighted by molar-refractivity contribution is 7.91. The number of aliphatic hydroxyl groups excluding tert-OH is 1. The molecule has 10 heavy (non-hydrogen) atoms. The molecule has 1 saturated heterocycles. The molecule has 0 amide bonds. The highest BCUT2D eigenvalue weighted by Crippen LogP contribution is 2.19. The van der Waals surface area contributed by atoms with Crippen molar-refractivity contribution in [2.24, 2.45) is 5.92 Å². The van der Waals surface area contributed by atoms with E-state index >= 15 is 0 Å². The fourth-order valence-corrected chi connectivity index (χ4v) is 2.93. The lowest BCUT2D eigenvalue weighted by molar-refractivity contribution is 0.171. The second-order valence-electron chi connectivity index (χ2n) is 2.54. The molecule has 1 N–H and O–H groups in total. The predicted octanol–water partition coefficient (Wildman–Crippen LogP) is -0.422. The Balaban J connectivity index is 2.80. The summed E-state index contributed by atoms with van der Waals surface area (Å²) in [5.74, 6) is -0.313. The van der Waals surface area contributed by atoms with Crippen LogP contribution >= 0.6 is 0 Å². The van der Waals surface area contributed by atoms with Crippen LogP contribution in [-0.4, -0.2) is 31.1 Å². The number of sulfone groups is 1. The van der Waals surface area contributed by atoms with E-state index in [4.69, 9.17) is 5.11 Å². The first-order chi connectivity index (χ1) is 4.55. The van der Waals surface area contributed by atoms with Gasteiger partial charge >= 0.3 is 0 Å². The van der Waals surface area contributed by atoms with Crippen LogP contribution in [0.1, 0.15) is 0 Å². The van der Waals surface area contributed by atoms with E-state index in [2.05, 4.69) is 6.58 Å². The van der Waals surface area contributed by atoms with Crippen LogP contribution in [0.5, 0.6) is 0 Å². The molecule has 0 aliphatic carbocycles. The first-order valence-electron chi connectivity index (χ1n) is 3.06. The Bertz CT molecular complexity index is 229. The van der Waals surface area contributed by atoms with Gasteiger partial charge in [-0.25, -0.2) is 8.42 Å². The van der Waals surface area contributed by atoms with Crippen LogP contribution in [0.4, 0.5) is 0 Å². The van der Waals surface area contributed by atoms with Crippen LogP contribution in [0, 0.1) is 5.92 Å². The molecule has 0 spiro atoms. The summed E-state index contributed by atoms with van der Waals surface area (Å²) in [6, 6.07) is 0. The number of hydrogen-bond acceptors (Lipinski definition) is 3. The average Bonchev–Trinajstić information content (AvgIpc) is 2.05. The van der Waals surface area contributed by atoms with Crippen LogP contribution in [0.25, 0.3) is 0 Å². The first kappa shape index (κ1) is 7.75. The molecule has 0 saturated carbocycles. The van der Waals surface area contributed by atoms with Gasteiger partial charge < -0.3 is 5.11 Å². The number of aliphatic hydroxyl groups is 1. The van der Waals surface area contributed by atoms with Crippen molar-refractivity contribution >= 4 is 9.84 Å². The lowest BCUT2D eigenvalue weighted by Crippen LogP contribution is -2.14. The van der Waals surface area contributed by atoms with E-state index in [0.717, 1.165) is 0 Å². The predicted molar refractivity (Wildman–Crippen MR) is 38.3 cm³/mol. The summed E-state index contributed by atoms with van der Waals surface area (Å²) in [4.78, 5) is 0. The minimum atomic E-state index is -2.98. The van der Waals surface area contributed by atoms with Crippen LogP contribution < -0.4 is 0 Å². The molecule has 1 heterocycles. The SMILES string of the molecule is C=C[C@@H]1CS(=O)(=O)C[C@H]1O. The Morgan fingerprint density at radius 3 is 2.30 bits per heavy atom. The molecule has 58 valence electrons. The maximum Gasteiger partial charge on any atom is 0.153 e. The fourth-order valence-electron chi connectivity index (χ4n) is 1.08. The van der Waals surface area contributed by atoms with E-state index in [1.54, 1.807) is 0 Å². The van der Waals surface area contributed by atoms with Gasteiger partial charge in [0.15, 0.2) is 9.84 Å². The lowest BCUT2D eigenvalue weighted by Gasteiger charge is -2.03. The molecule has 0 unspecified atom stereocenters. The Kier molecular flexibility index (Phi) is 1.83. The van der Waals surface area contributed by atoms with Gasteiger partial charge in [-0.15, -0.1) is 6.58 Å². The Morgan fingerprint density at radius 2 is 2.10 bits per heavy atom. The molecule has 3 nitrogen and oxygen atoms in total. The zero-order valence-electron chi connectivity index (χ0n) is 5.53. The van der Waals surface area contributed by atoms with Gasteiger partial charge in [0.2, 0.25) is 0 Å². The van der Waals surface area contributed by atoms with Crippen molar-refractivity contribution in [3.8, 4) is 0 Å². The maximum atomic E-state index is 10.8. The summed E-state index contributed by atoms with van der Waals surface area (Å²) in [7, 11) is -2.98. The Morgan fingerprint density at radius 1 is 1.50 bits per heavy atom. The van der Waals surface area contributed by atoms with E-state index in [-0.39, 0.29) is 17.4 Å². The summed E-state index contributed by atoms with van der Waals surface area (Å²) in [5.41, 5.74) is 0. The molecule has 1 rings (SSSR count). The summed E-state index contributed by atoms with van der Waals surface area (Å²) in [6.07, 6.45) is 0.761. The third-order valence-corrected chi connectivity index (χ3v) is 3.41. The lowest BCUT2D eigenvalue weighted by atomic mass is 10.1. The minimum Gasteiger partial charge on any atom is -0.391 e. The molecule has 2 atom stereocenters. The maximum absolute atomic E-state index is 10.8. The summed E-state index contributed by atoms with van der Waals surface area (Å²) in [6.45, 7) is 3.43. The monoisotopic (exact) mass is 162 g/mol. The van der Waals surface area contributed by atoms with Crippen LogP contribution in [-0.2, 0) is 9.84 Å². The quantitative estimate of drug-likeness (QED) is 0.533. The van der Waals surface area contributed by atoms with Crippen molar-refractivity contribution in [3.05, 3.63) is 12.7 Å². The molecular formula is C6H10O3S. The standard InChI is InChI=1S/C6H10O3S/c1-2-5-3-10(8,9)4-6(5)7/h2,5-7H,1,3-4H2/t5-,6-/m1/s1. The summed E-state index contributed by atoms with van der Waals surface area (Å²) < 4.78 is 21.6. The second kappa shape index (κ2) is 2.36. The molecule has 0 aromatic heterocycles. The van der Waals surface area contributed by atoms with Gasteiger partial charge in [0.05, 0.1) is 17.6 Å². The fraction of sp³-hybridized carbons (Fsp3) is 0.667. The Hall–Kier alpha value is -0.350. The molecule has 0 aromatic carbocycles. The molecule has 4 heteroatoms. The zero-order valence-corrected chi connectivity index (χ0v) is 6.34. The average molecular weight is 162 g/mol. The normalized spacial score (nSPS) is 37.7. The van der Waals surface area contributed by atoms with Gasteiger partial charge in [0.1, 0.15) is 0 Å². The largest absolute Gasteiger partial charge is 0.391 e. The van der Waals surface area contributed by atoms with E-state index in [9.17, 15) is 8.42 Å². The summed E-state index contributed by atoms with van der Waals surface area (Å²) >= 11 is 0. The van der Waals surface area contributed by atoms with Crippen molar-refractivity contribution in [1.29, 1.82) is 0 Å². The van der Waals surface area contributed by atoms with Crippen LogP contribution in [0.15, 0.2) is 12.7 Å². The number of hydrogen-bond donors (Lipinski definition) is 1. The zero-order chi connectivity index (χ0) is 7.78. The highest BCUT2D eigenvalue weighted by atomic mass is 32.2. The molecule has 0 bridgehead atoms. The van der Waals surface area contributed by atoms with Gasteiger partial charge in [-0.3, -0.25) is 0 Å². The third kappa shape index (κ3) is 1.38. The van der Waals surface area contributed by atoms with Crippen molar-refractivity contribution in [2.45, 2.75) is 6.10 Å². The van der Waals surface area contributed by atoms with E-state index in [1.807, 2.05) is 0 Å². The molecule has 0 aromatic rings.